The van der Waals surface area contributed by atoms with Gasteiger partial charge in [-0.05, 0) is 0 Å². The molecule has 5 atom stereocenters. The van der Waals surface area contributed by atoms with Crippen molar-refractivity contribution in [2.45, 2.75) is 30.7 Å². The van der Waals surface area contributed by atoms with Crippen molar-refractivity contribution < 1.29 is 29.9 Å². The van der Waals surface area contributed by atoms with Gasteiger partial charge in [0, 0.05) is 7.11 Å². The lowest BCUT2D eigenvalue weighted by atomic mass is 9.99. The minimum Gasteiger partial charge on any atom is -0.394 e. The minimum absolute atomic E-state index is 0.440. The lowest BCUT2D eigenvalue weighted by Gasteiger charge is -2.38. The quantitative estimate of drug-likeness (QED) is 0.386. The van der Waals surface area contributed by atoms with Crippen molar-refractivity contribution >= 4 is 0 Å². The molecule has 1 fully saturated rings. The van der Waals surface area contributed by atoms with E-state index in [1.54, 1.807) is 0 Å². The Morgan fingerprint density at radius 1 is 1.15 bits per heavy atom. The fourth-order valence-corrected chi connectivity index (χ4v) is 1.26. The predicted molar refractivity (Wildman–Crippen MR) is 40.8 cm³/mol. The Labute approximate surface area is 75.3 Å². The van der Waals surface area contributed by atoms with Crippen LogP contribution in [0.1, 0.15) is 0 Å². The number of rotatable bonds is 2. The van der Waals surface area contributed by atoms with Gasteiger partial charge in [0.05, 0.1) is 6.61 Å². The van der Waals surface area contributed by atoms with Gasteiger partial charge in [-0.25, -0.2) is 0 Å². The van der Waals surface area contributed by atoms with Crippen LogP contribution in [-0.2, 0) is 9.47 Å². The highest BCUT2D eigenvalue weighted by atomic mass is 16.7. The average molecular weight is 194 g/mol. The molecule has 0 aromatic heterocycles. The predicted octanol–water partition coefficient (Wildman–Crippen LogP) is -2.57. The maximum atomic E-state index is 9.28. The second-order valence-electron chi connectivity index (χ2n) is 2.93. The summed E-state index contributed by atoms with van der Waals surface area (Å²) in [4.78, 5) is 0. The van der Waals surface area contributed by atoms with Crippen LogP contribution < -0.4 is 0 Å². The molecule has 1 unspecified atom stereocenters. The zero-order valence-corrected chi connectivity index (χ0v) is 7.20. The molecule has 6 nitrogen and oxygen atoms in total. The van der Waals surface area contributed by atoms with E-state index in [1.807, 2.05) is 0 Å². The summed E-state index contributed by atoms with van der Waals surface area (Å²) >= 11 is 0. The Balaban J connectivity index is 2.66. The van der Waals surface area contributed by atoms with Gasteiger partial charge in [0.15, 0.2) is 6.29 Å². The SMILES string of the molecule is COC1O[C@H](CO)[C@H](O)[C@@H](O)[C@@H]1O. The Kier molecular flexibility index (Phi) is 3.60. The van der Waals surface area contributed by atoms with E-state index in [0.29, 0.717) is 0 Å². The number of aliphatic hydroxyl groups excluding tert-OH is 4. The normalized spacial score (nSPS) is 46.4. The van der Waals surface area contributed by atoms with Crippen LogP contribution in [0.2, 0.25) is 0 Å². The molecule has 78 valence electrons. The largest absolute Gasteiger partial charge is 0.394 e. The maximum Gasteiger partial charge on any atom is 0.186 e. The third-order valence-electron chi connectivity index (χ3n) is 2.08. The fraction of sp³-hybridized carbons (Fsp3) is 1.00. The molecule has 0 radical (unpaired) electrons. The molecule has 1 rings (SSSR count). The van der Waals surface area contributed by atoms with E-state index in [2.05, 4.69) is 0 Å². The zero-order valence-electron chi connectivity index (χ0n) is 7.20. The molecule has 13 heavy (non-hydrogen) atoms. The van der Waals surface area contributed by atoms with Gasteiger partial charge < -0.3 is 29.9 Å². The summed E-state index contributed by atoms with van der Waals surface area (Å²) in [7, 11) is 1.30. The zero-order chi connectivity index (χ0) is 10.0. The number of hydrogen-bond acceptors (Lipinski definition) is 6. The van der Waals surface area contributed by atoms with Crippen molar-refractivity contribution in [2.24, 2.45) is 0 Å². The third kappa shape index (κ3) is 1.98. The highest BCUT2D eigenvalue weighted by Gasteiger charge is 2.43. The summed E-state index contributed by atoms with van der Waals surface area (Å²) in [5.74, 6) is 0. The smallest absolute Gasteiger partial charge is 0.186 e. The van der Waals surface area contributed by atoms with E-state index >= 15 is 0 Å². The molecule has 0 spiro atoms. The van der Waals surface area contributed by atoms with Crippen LogP contribution in [0, 0.1) is 0 Å². The molecule has 0 bridgehead atoms. The second kappa shape index (κ2) is 4.32. The van der Waals surface area contributed by atoms with Crippen LogP contribution in [0.5, 0.6) is 0 Å². The lowest BCUT2D eigenvalue weighted by molar-refractivity contribution is -0.294. The fourth-order valence-electron chi connectivity index (χ4n) is 1.26. The van der Waals surface area contributed by atoms with Gasteiger partial charge in [0.1, 0.15) is 24.4 Å². The van der Waals surface area contributed by atoms with Gasteiger partial charge in [-0.1, -0.05) is 0 Å². The van der Waals surface area contributed by atoms with Crippen molar-refractivity contribution in [3.63, 3.8) is 0 Å². The standard InChI is InChI=1S/C7H14O6/c1-12-7-6(11)5(10)4(9)3(2-8)13-7/h3-11H,2H2,1H3/t3-,4+,5-,6+,7?/m1/s1. The second-order valence-corrected chi connectivity index (χ2v) is 2.93. The Morgan fingerprint density at radius 2 is 1.77 bits per heavy atom. The number of hydrogen-bond donors (Lipinski definition) is 4. The lowest BCUT2D eigenvalue weighted by Crippen LogP contribution is -2.58. The number of methoxy groups -OCH3 is 1. The highest BCUT2D eigenvalue weighted by Crippen LogP contribution is 2.20. The first-order valence-corrected chi connectivity index (χ1v) is 3.95. The Bertz CT molecular complexity index is 143. The topological polar surface area (TPSA) is 99.4 Å². The average Bonchev–Trinajstić information content (AvgIpc) is 2.15. The third-order valence-corrected chi connectivity index (χ3v) is 2.08. The Hall–Kier alpha value is -0.240. The van der Waals surface area contributed by atoms with Crippen molar-refractivity contribution in [3.8, 4) is 0 Å². The molecule has 0 aliphatic carbocycles. The highest BCUT2D eigenvalue weighted by molar-refractivity contribution is 4.88. The number of aliphatic hydroxyl groups is 4. The van der Waals surface area contributed by atoms with Crippen LogP contribution in [-0.4, -0.2) is 64.8 Å². The van der Waals surface area contributed by atoms with Crippen LogP contribution in [0.4, 0.5) is 0 Å². The maximum absolute atomic E-state index is 9.28. The van der Waals surface area contributed by atoms with E-state index in [-0.39, 0.29) is 0 Å². The molecule has 1 aliphatic heterocycles. The van der Waals surface area contributed by atoms with Gasteiger partial charge in [0.25, 0.3) is 0 Å². The number of ether oxygens (including phenoxy) is 2. The molecule has 6 heteroatoms. The summed E-state index contributed by atoms with van der Waals surface area (Å²) in [5, 5.41) is 36.6. The molecule has 0 aromatic carbocycles. The summed E-state index contributed by atoms with van der Waals surface area (Å²) in [6.07, 6.45) is -5.91. The van der Waals surface area contributed by atoms with E-state index < -0.39 is 37.3 Å². The van der Waals surface area contributed by atoms with E-state index in [9.17, 15) is 15.3 Å². The first kappa shape index (κ1) is 10.8. The molecule has 1 heterocycles. The van der Waals surface area contributed by atoms with E-state index in [0.717, 1.165) is 0 Å². The monoisotopic (exact) mass is 194 g/mol. The summed E-state index contributed by atoms with van der Waals surface area (Å²) in [6.45, 7) is -0.440. The van der Waals surface area contributed by atoms with Crippen molar-refractivity contribution in [2.75, 3.05) is 13.7 Å². The molecule has 1 aliphatic rings. The molecule has 0 amide bonds. The van der Waals surface area contributed by atoms with E-state index in [4.69, 9.17) is 14.6 Å². The first-order valence-electron chi connectivity index (χ1n) is 3.95. The Morgan fingerprint density at radius 3 is 2.23 bits per heavy atom. The summed E-state index contributed by atoms with van der Waals surface area (Å²) in [6, 6.07) is 0. The van der Waals surface area contributed by atoms with Gasteiger partial charge in [0.2, 0.25) is 0 Å². The van der Waals surface area contributed by atoms with Crippen LogP contribution in [0.25, 0.3) is 0 Å². The first-order chi connectivity index (χ1) is 6.11. The van der Waals surface area contributed by atoms with Crippen molar-refractivity contribution in [1.29, 1.82) is 0 Å². The van der Waals surface area contributed by atoms with Gasteiger partial charge >= 0.3 is 0 Å². The van der Waals surface area contributed by atoms with Crippen LogP contribution >= 0.6 is 0 Å². The van der Waals surface area contributed by atoms with Gasteiger partial charge in [-0.15, -0.1) is 0 Å². The van der Waals surface area contributed by atoms with Gasteiger partial charge in [-0.3, -0.25) is 0 Å². The van der Waals surface area contributed by atoms with E-state index in [1.165, 1.54) is 7.11 Å². The molecule has 4 N–H and O–H groups in total. The van der Waals surface area contributed by atoms with Crippen LogP contribution in [0.3, 0.4) is 0 Å². The van der Waals surface area contributed by atoms with Crippen molar-refractivity contribution in [3.05, 3.63) is 0 Å². The molecule has 0 aromatic rings. The van der Waals surface area contributed by atoms with Gasteiger partial charge in [-0.2, -0.15) is 0 Å². The molecule has 0 saturated carbocycles. The van der Waals surface area contributed by atoms with Crippen LogP contribution in [0.15, 0.2) is 0 Å². The van der Waals surface area contributed by atoms with Crippen molar-refractivity contribution in [1.82, 2.24) is 0 Å². The molecular formula is C7H14O6. The molecular weight excluding hydrogens is 180 g/mol. The minimum atomic E-state index is -1.36. The summed E-state index contributed by atoms with van der Waals surface area (Å²) in [5.41, 5.74) is 0. The molecule has 1 saturated heterocycles. The summed E-state index contributed by atoms with van der Waals surface area (Å²) < 4.78 is 9.65.